The Morgan fingerprint density at radius 2 is 1.76 bits per heavy atom. The van der Waals surface area contributed by atoms with E-state index in [0.717, 1.165) is 35.9 Å². The summed E-state index contributed by atoms with van der Waals surface area (Å²) in [4.78, 5) is 0. The van der Waals surface area contributed by atoms with Gasteiger partial charge in [-0.1, -0.05) is 38.8 Å². The van der Waals surface area contributed by atoms with Crippen LogP contribution in [-0.2, 0) is 9.05 Å². The number of rotatable bonds is 9. The van der Waals surface area contributed by atoms with Gasteiger partial charge in [-0.2, -0.15) is 0 Å². The highest BCUT2D eigenvalue weighted by molar-refractivity contribution is 9.10. The van der Waals surface area contributed by atoms with Crippen LogP contribution in [0.15, 0.2) is 28.7 Å². The second-order valence-electron chi connectivity index (χ2n) is 5.40. The molecule has 0 aromatic heterocycles. The molecule has 3 nitrogen and oxygen atoms in total. The Labute approximate surface area is 140 Å². The first-order chi connectivity index (χ1) is 9.82. The summed E-state index contributed by atoms with van der Waals surface area (Å²) >= 11 is 3.43. The molecule has 0 spiro atoms. The lowest BCUT2D eigenvalue weighted by Gasteiger charge is -2.32. The average molecular weight is 398 g/mol. The lowest BCUT2D eigenvalue weighted by atomic mass is 9.82. The minimum absolute atomic E-state index is 0.0479. The largest absolute Gasteiger partial charge is 0.492 e. The molecule has 0 N–H and O–H groups in total. The van der Waals surface area contributed by atoms with E-state index in [4.69, 9.17) is 15.4 Å². The summed E-state index contributed by atoms with van der Waals surface area (Å²) in [5.41, 5.74) is -0.431. The summed E-state index contributed by atoms with van der Waals surface area (Å²) in [7, 11) is 1.95. The fourth-order valence-electron chi connectivity index (χ4n) is 2.67. The maximum atomic E-state index is 11.6. The molecule has 0 amide bonds. The highest BCUT2D eigenvalue weighted by atomic mass is 79.9. The van der Waals surface area contributed by atoms with E-state index in [-0.39, 0.29) is 5.75 Å². The van der Waals surface area contributed by atoms with Gasteiger partial charge in [-0.15, -0.1) is 0 Å². The van der Waals surface area contributed by atoms with E-state index in [0.29, 0.717) is 6.61 Å². The first kappa shape index (κ1) is 18.8. The van der Waals surface area contributed by atoms with Crippen molar-refractivity contribution in [1.29, 1.82) is 0 Å². The topological polar surface area (TPSA) is 43.4 Å². The van der Waals surface area contributed by atoms with Gasteiger partial charge < -0.3 is 4.74 Å². The van der Waals surface area contributed by atoms with Crippen molar-refractivity contribution in [1.82, 2.24) is 0 Å². The monoisotopic (exact) mass is 396 g/mol. The molecule has 1 rings (SSSR count). The van der Waals surface area contributed by atoms with Crippen molar-refractivity contribution in [3.05, 3.63) is 28.7 Å². The number of hydrogen-bond donors (Lipinski definition) is 0. The Morgan fingerprint density at radius 1 is 1.19 bits per heavy atom. The normalized spacial score (nSPS) is 12.4. The van der Waals surface area contributed by atoms with Crippen LogP contribution in [0.1, 0.15) is 39.5 Å². The van der Waals surface area contributed by atoms with Crippen molar-refractivity contribution in [3.63, 3.8) is 0 Å². The van der Waals surface area contributed by atoms with Gasteiger partial charge in [0.25, 0.3) is 0 Å². The highest BCUT2D eigenvalue weighted by Crippen LogP contribution is 2.35. The Bertz CT molecular complexity index is 540. The standard InChI is InChI=1S/C15H22BrClO3S/c1-3-9-15(10-4-2,12-21(17,18)19)11-20-14-8-6-5-7-13(14)16/h5-8H,3-4,9-12H2,1-2H3. The Balaban J connectivity index is 2.92. The first-order valence-corrected chi connectivity index (χ1v) is 10.4. The van der Waals surface area contributed by atoms with Crippen molar-refractivity contribution in [3.8, 4) is 5.75 Å². The summed E-state index contributed by atoms with van der Waals surface area (Å²) < 4.78 is 29.9. The lowest BCUT2D eigenvalue weighted by molar-refractivity contribution is 0.141. The van der Waals surface area contributed by atoms with Crippen LogP contribution in [0.25, 0.3) is 0 Å². The molecule has 1 aromatic rings. The minimum atomic E-state index is -3.56. The van der Waals surface area contributed by atoms with Crippen LogP contribution in [0.3, 0.4) is 0 Å². The van der Waals surface area contributed by atoms with Crippen molar-refractivity contribution < 1.29 is 13.2 Å². The molecule has 0 aliphatic rings. The first-order valence-electron chi connectivity index (χ1n) is 7.11. The zero-order chi connectivity index (χ0) is 15.9. The Morgan fingerprint density at radius 3 is 2.24 bits per heavy atom. The van der Waals surface area contributed by atoms with E-state index in [9.17, 15) is 8.42 Å². The molecule has 120 valence electrons. The van der Waals surface area contributed by atoms with Crippen molar-refractivity contribution in [2.45, 2.75) is 39.5 Å². The van der Waals surface area contributed by atoms with E-state index in [1.807, 2.05) is 38.1 Å². The van der Waals surface area contributed by atoms with Gasteiger partial charge in [-0.25, -0.2) is 8.42 Å². The zero-order valence-corrected chi connectivity index (χ0v) is 15.6. The Hall–Kier alpha value is -0.260. The molecule has 21 heavy (non-hydrogen) atoms. The van der Waals surface area contributed by atoms with Gasteiger partial charge in [0.1, 0.15) is 5.75 Å². The van der Waals surface area contributed by atoms with E-state index < -0.39 is 14.5 Å². The van der Waals surface area contributed by atoms with Gasteiger partial charge in [0.05, 0.1) is 16.8 Å². The molecular weight excluding hydrogens is 376 g/mol. The van der Waals surface area contributed by atoms with E-state index in [1.165, 1.54) is 0 Å². The zero-order valence-electron chi connectivity index (χ0n) is 12.4. The smallest absolute Gasteiger partial charge is 0.233 e. The second-order valence-corrected chi connectivity index (χ2v) is 9.03. The Kier molecular flexibility index (Phi) is 7.51. The molecule has 0 saturated carbocycles. The third-order valence-corrected chi connectivity index (χ3v) is 5.35. The molecule has 0 unspecified atom stereocenters. The van der Waals surface area contributed by atoms with Crippen molar-refractivity contribution in [2.24, 2.45) is 5.41 Å². The molecule has 0 fully saturated rings. The van der Waals surface area contributed by atoms with E-state index in [2.05, 4.69) is 15.9 Å². The number of ether oxygens (including phenoxy) is 1. The molecule has 0 aliphatic heterocycles. The van der Waals surface area contributed by atoms with Crippen LogP contribution in [0.2, 0.25) is 0 Å². The third-order valence-electron chi connectivity index (χ3n) is 3.41. The van der Waals surface area contributed by atoms with Crippen LogP contribution >= 0.6 is 26.6 Å². The SMILES string of the molecule is CCCC(CCC)(COc1ccccc1Br)CS(=O)(=O)Cl. The predicted molar refractivity (Wildman–Crippen MR) is 91.5 cm³/mol. The number of para-hydroxylation sites is 1. The van der Waals surface area contributed by atoms with Gasteiger partial charge in [0, 0.05) is 16.1 Å². The fraction of sp³-hybridized carbons (Fsp3) is 0.600. The number of benzene rings is 1. The van der Waals surface area contributed by atoms with Crippen LogP contribution in [0.4, 0.5) is 0 Å². The van der Waals surface area contributed by atoms with Gasteiger partial charge >= 0.3 is 0 Å². The quantitative estimate of drug-likeness (QED) is 0.552. The fourth-order valence-corrected chi connectivity index (χ4v) is 4.87. The molecule has 0 atom stereocenters. The van der Waals surface area contributed by atoms with Crippen LogP contribution in [-0.4, -0.2) is 20.8 Å². The summed E-state index contributed by atoms with van der Waals surface area (Å²) in [5, 5.41) is 0. The molecule has 0 aliphatic carbocycles. The van der Waals surface area contributed by atoms with Gasteiger partial charge in [0.15, 0.2) is 0 Å². The van der Waals surface area contributed by atoms with Crippen molar-refractivity contribution in [2.75, 3.05) is 12.4 Å². The maximum Gasteiger partial charge on any atom is 0.233 e. The van der Waals surface area contributed by atoms with Gasteiger partial charge in [0.2, 0.25) is 9.05 Å². The highest BCUT2D eigenvalue weighted by Gasteiger charge is 2.34. The molecule has 0 saturated heterocycles. The lowest BCUT2D eigenvalue weighted by Crippen LogP contribution is -2.35. The van der Waals surface area contributed by atoms with E-state index in [1.54, 1.807) is 0 Å². The van der Waals surface area contributed by atoms with Gasteiger partial charge in [-0.3, -0.25) is 0 Å². The molecule has 6 heteroatoms. The molecular formula is C15H22BrClO3S. The molecule has 0 bridgehead atoms. The van der Waals surface area contributed by atoms with Crippen molar-refractivity contribution >= 4 is 35.7 Å². The summed E-state index contributed by atoms with van der Waals surface area (Å²) in [6.07, 6.45) is 3.34. The summed E-state index contributed by atoms with van der Waals surface area (Å²) in [6, 6.07) is 7.56. The summed E-state index contributed by atoms with van der Waals surface area (Å²) in [5.74, 6) is 0.675. The molecule has 0 radical (unpaired) electrons. The maximum absolute atomic E-state index is 11.6. The average Bonchev–Trinajstić information content (AvgIpc) is 2.36. The number of hydrogen-bond acceptors (Lipinski definition) is 3. The molecule has 1 aromatic carbocycles. The third kappa shape index (κ3) is 6.57. The van der Waals surface area contributed by atoms with Crippen LogP contribution in [0.5, 0.6) is 5.75 Å². The minimum Gasteiger partial charge on any atom is -0.492 e. The van der Waals surface area contributed by atoms with E-state index >= 15 is 0 Å². The summed E-state index contributed by atoms with van der Waals surface area (Å²) in [6.45, 7) is 4.44. The van der Waals surface area contributed by atoms with Crippen LogP contribution in [0, 0.1) is 5.41 Å². The second kappa shape index (κ2) is 8.39. The van der Waals surface area contributed by atoms with Crippen LogP contribution < -0.4 is 4.74 Å². The van der Waals surface area contributed by atoms with Gasteiger partial charge in [-0.05, 0) is 40.9 Å². The number of halogens is 2. The molecule has 0 heterocycles. The predicted octanol–water partition coefficient (Wildman–Crippen LogP) is 4.98.